The van der Waals surface area contributed by atoms with Crippen molar-refractivity contribution in [3.63, 3.8) is 0 Å². The smallest absolute Gasteiger partial charge is 0.266 e. The molecule has 3 aromatic rings. The number of fused-ring (bicyclic) bond motifs is 4. The van der Waals surface area contributed by atoms with Gasteiger partial charge in [0.15, 0.2) is 0 Å². The van der Waals surface area contributed by atoms with Gasteiger partial charge in [-0.15, -0.1) is 0 Å². The Morgan fingerprint density at radius 3 is 2.86 bits per heavy atom. The molecule has 1 unspecified atom stereocenters. The normalized spacial score (nSPS) is 19.1. The van der Waals surface area contributed by atoms with Crippen LogP contribution in [0.15, 0.2) is 52.0 Å². The third-order valence-electron chi connectivity index (χ3n) is 5.47. The number of H-pyrrole nitrogens is 1. The monoisotopic (exact) mass is 452 g/mol. The summed E-state index contributed by atoms with van der Waals surface area (Å²) in [7, 11) is 0. The minimum atomic E-state index is -0.573. The van der Waals surface area contributed by atoms with Crippen molar-refractivity contribution in [3.8, 4) is 5.75 Å². The van der Waals surface area contributed by atoms with Crippen molar-refractivity contribution < 1.29 is 14.7 Å². The Bertz CT molecular complexity index is 1190. The van der Waals surface area contributed by atoms with Gasteiger partial charge in [-0.2, -0.15) is 5.10 Å². The lowest BCUT2D eigenvalue weighted by Gasteiger charge is -2.40. The zero-order valence-corrected chi connectivity index (χ0v) is 16.9. The zero-order valence-electron chi connectivity index (χ0n) is 15.3. The number of nitrogens with one attached hydrogen (secondary N) is 1. The highest BCUT2D eigenvalue weighted by molar-refractivity contribution is 9.10. The number of benzene rings is 2. The van der Waals surface area contributed by atoms with E-state index >= 15 is 0 Å². The van der Waals surface area contributed by atoms with Gasteiger partial charge >= 0.3 is 0 Å². The average Bonchev–Trinajstić information content (AvgIpc) is 3.08. The summed E-state index contributed by atoms with van der Waals surface area (Å²) in [5.74, 6) is -0.309. The van der Waals surface area contributed by atoms with Crippen molar-refractivity contribution in [1.29, 1.82) is 0 Å². The number of hydrogen-bond acceptors (Lipinski definition) is 4. The molecule has 1 aromatic heterocycles. The van der Waals surface area contributed by atoms with Crippen molar-refractivity contribution in [1.82, 2.24) is 14.9 Å². The first-order chi connectivity index (χ1) is 14.0. The fourth-order valence-electron chi connectivity index (χ4n) is 4.02. The number of aromatic amines is 1. The molecule has 1 fully saturated rings. The lowest BCUT2D eigenvalue weighted by atomic mass is 9.94. The molecule has 0 saturated carbocycles. The number of carbonyl (C=O) groups is 2. The predicted octanol–water partition coefficient (Wildman–Crippen LogP) is 2.77. The molecule has 146 valence electrons. The summed E-state index contributed by atoms with van der Waals surface area (Å²) in [6.07, 6.45) is 1.86. The summed E-state index contributed by atoms with van der Waals surface area (Å²) in [6.45, 7) is 0.277. The molecule has 0 aliphatic carbocycles. The van der Waals surface area contributed by atoms with E-state index in [1.54, 1.807) is 17.0 Å². The summed E-state index contributed by atoms with van der Waals surface area (Å²) in [5, 5.41) is 16.5. The van der Waals surface area contributed by atoms with Gasteiger partial charge in [-0.1, -0.05) is 34.1 Å². The van der Waals surface area contributed by atoms with Crippen LogP contribution in [0.4, 0.5) is 0 Å². The van der Waals surface area contributed by atoms with Crippen LogP contribution in [-0.2, 0) is 22.6 Å². The van der Waals surface area contributed by atoms with E-state index < -0.39 is 6.04 Å². The molecule has 7 nitrogen and oxygen atoms in total. The third kappa shape index (κ3) is 3.00. The number of nitrogens with zero attached hydrogens (tertiary/aromatic N) is 3. The Hall–Kier alpha value is -3.13. The number of phenols is 1. The summed E-state index contributed by atoms with van der Waals surface area (Å²) in [4.78, 5) is 30.8. The van der Waals surface area contributed by atoms with Crippen LogP contribution in [0, 0.1) is 0 Å². The van der Waals surface area contributed by atoms with Gasteiger partial charge in [0.25, 0.3) is 5.91 Å². The molecule has 29 heavy (non-hydrogen) atoms. The zero-order chi connectivity index (χ0) is 20.1. The molecule has 2 aliphatic rings. The second kappa shape index (κ2) is 6.73. The van der Waals surface area contributed by atoms with E-state index in [1.807, 2.05) is 24.3 Å². The third-order valence-corrected chi connectivity index (χ3v) is 5.97. The summed E-state index contributed by atoms with van der Waals surface area (Å²) in [5.41, 5.74) is 3.54. The fraction of sp³-hybridized carbons (Fsp3) is 0.190. The van der Waals surface area contributed by atoms with Crippen molar-refractivity contribution in [2.45, 2.75) is 19.0 Å². The standard InChI is InChI=1S/C21H17BrN4O3/c22-13-5-6-19(27)12(7-13)9-23-26-11-20(28)25-10-17-15(8-18(25)21(26)29)14-3-1-2-4-16(14)24-17/h1-7,9,18,24,27H,8,10-11H2/b23-9+. The van der Waals surface area contributed by atoms with Gasteiger partial charge < -0.3 is 15.0 Å². The van der Waals surface area contributed by atoms with Crippen LogP contribution in [-0.4, -0.2) is 50.6 Å². The largest absolute Gasteiger partial charge is 0.507 e. The molecule has 0 radical (unpaired) electrons. The maximum absolute atomic E-state index is 13.1. The van der Waals surface area contributed by atoms with E-state index in [2.05, 4.69) is 26.0 Å². The first-order valence-corrected chi connectivity index (χ1v) is 10.0. The molecule has 0 spiro atoms. The van der Waals surface area contributed by atoms with Gasteiger partial charge in [-0.05, 0) is 29.8 Å². The number of halogens is 1. The highest BCUT2D eigenvalue weighted by Crippen LogP contribution is 2.32. The Balaban J connectivity index is 1.45. The minimum Gasteiger partial charge on any atom is -0.507 e. The Morgan fingerprint density at radius 2 is 2.00 bits per heavy atom. The minimum absolute atomic E-state index is 0.0514. The molecule has 2 amide bonds. The van der Waals surface area contributed by atoms with E-state index in [0.717, 1.165) is 26.6 Å². The van der Waals surface area contributed by atoms with Crippen molar-refractivity contribution in [3.05, 3.63) is 63.8 Å². The molecule has 3 heterocycles. The highest BCUT2D eigenvalue weighted by atomic mass is 79.9. The van der Waals surface area contributed by atoms with Crippen molar-refractivity contribution in [2.75, 3.05) is 6.54 Å². The molecular formula is C21H17BrN4O3. The molecule has 8 heteroatoms. The van der Waals surface area contributed by atoms with Crippen LogP contribution in [0.25, 0.3) is 10.9 Å². The van der Waals surface area contributed by atoms with Crippen LogP contribution in [0.3, 0.4) is 0 Å². The first-order valence-electron chi connectivity index (χ1n) is 9.23. The van der Waals surface area contributed by atoms with E-state index in [0.29, 0.717) is 18.5 Å². The molecule has 2 aliphatic heterocycles. The number of aromatic hydroxyl groups is 1. The molecular weight excluding hydrogens is 436 g/mol. The number of phenolic OH excluding ortho intramolecular Hbond substituents is 1. The van der Waals surface area contributed by atoms with E-state index in [-0.39, 0.29) is 24.1 Å². The van der Waals surface area contributed by atoms with Gasteiger partial charge in [0.05, 0.1) is 12.8 Å². The Labute approximate surface area is 174 Å². The molecule has 1 saturated heterocycles. The van der Waals surface area contributed by atoms with Gasteiger partial charge in [0.2, 0.25) is 5.91 Å². The van der Waals surface area contributed by atoms with E-state index in [4.69, 9.17) is 0 Å². The molecule has 2 aromatic carbocycles. The first kappa shape index (κ1) is 17.9. The summed E-state index contributed by atoms with van der Waals surface area (Å²) < 4.78 is 0.781. The lowest BCUT2D eigenvalue weighted by molar-refractivity contribution is -0.157. The molecule has 2 N–H and O–H groups in total. The average molecular weight is 453 g/mol. The van der Waals surface area contributed by atoms with Crippen LogP contribution in [0.1, 0.15) is 16.8 Å². The number of piperazine rings is 1. The summed E-state index contributed by atoms with van der Waals surface area (Å²) in [6, 6.07) is 12.3. The molecule has 5 rings (SSSR count). The number of hydrazone groups is 1. The second-order valence-corrected chi connectivity index (χ2v) is 8.13. The SMILES string of the molecule is O=C1C2Cc3c([nH]c4ccccc34)CN2C(=O)CN1/N=C/c1cc(Br)ccc1O. The fourth-order valence-corrected chi connectivity index (χ4v) is 4.40. The quantitative estimate of drug-likeness (QED) is 0.585. The van der Waals surface area contributed by atoms with Gasteiger partial charge in [-0.25, -0.2) is 5.01 Å². The van der Waals surface area contributed by atoms with Gasteiger partial charge in [-0.3, -0.25) is 9.59 Å². The van der Waals surface area contributed by atoms with E-state index in [9.17, 15) is 14.7 Å². The number of rotatable bonds is 2. The number of carbonyl (C=O) groups excluding carboxylic acids is 2. The van der Waals surface area contributed by atoms with Gasteiger partial charge in [0, 0.05) is 33.1 Å². The van der Waals surface area contributed by atoms with Crippen LogP contribution in [0.2, 0.25) is 0 Å². The number of aromatic nitrogens is 1. The van der Waals surface area contributed by atoms with Crippen LogP contribution >= 0.6 is 15.9 Å². The number of para-hydroxylation sites is 1. The van der Waals surface area contributed by atoms with Crippen molar-refractivity contribution in [2.24, 2.45) is 5.10 Å². The van der Waals surface area contributed by atoms with Crippen LogP contribution < -0.4 is 0 Å². The maximum Gasteiger partial charge on any atom is 0.266 e. The van der Waals surface area contributed by atoms with Gasteiger partial charge in [0.1, 0.15) is 18.3 Å². The predicted molar refractivity (Wildman–Crippen MR) is 111 cm³/mol. The summed E-state index contributed by atoms with van der Waals surface area (Å²) >= 11 is 3.34. The number of amides is 2. The van der Waals surface area contributed by atoms with Crippen molar-refractivity contribution >= 4 is 44.9 Å². The number of hydrogen-bond donors (Lipinski definition) is 2. The second-order valence-electron chi connectivity index (χ2n) is 7.21. The van der Waals surface area contributed by atoms with E-state index in [1.165, 1.54) is 17.3 Å². The Kier molecular flexibility index (Phi) is 4.16. The lowest BCUT2D eigenvalue weighted by Crippen LogP contribution is -2.60. The van der Waals surface area contributed by atoms with Crippen LogP contribution in [0.5, 0.6) is 5.75 Å². The topological polar surface area (TPSA) is 89.0 Å². The maximum atomic E-state index is 13.1. The highest BCUT2D eigenvalue weighted by Gasteiger charge is 2.43. The Morgan fingerprint density at radius 1 is 1.17 bits per heavy atom. The molecule has 0 bridgehead atoms. The molecule has 1 atom stereocenters.